The van der Waals surface area contributed by atoms with Gasteiger partial charge in [-0.05, 0) is 18.9 Å². The summed E-state index contributed by atoms with van der Waals surface area (Å²) in [4.78, 5) is 0. The number of terminal acetylenes is 1. The summed E-state index contributed by atoms with van der Waals surface area (Å²) < 4.78 is 13.3. The topological polar surface area (TPSA) is 20.2 Å². The zero-order valence-electron chi connectivity index (χ0n) is 7.05. The number of rotatable bonds is 1. The molecule has 1 saturated carbocycles. The van der Waals surface area contributed by atoms with Gasteiger partial charge in [0.15, 0.2) is 0 Å². The molecule has 1 aliphatic rings. The third kappa shape index (κ3) is 1.17. The molecule has 0 atom stereocenters. The van der Waals surface area contributed by atoms with Crippen LogP contribution in [0, 0.1) is 18.2 Å². The second-order valence-electron chi connectivity index (χ2n) is 3.39. The number of hydrogen-bond acceptors (Lipinski definition) is 1. The summed E-state index contributed by atoms with van der Waals surface area (Å²) in [5, 5.41) is 9.00. The minimum absolute atomic E-state index is 0.0610. The van der Waals surface area contributed by atoms with Crippen LogP contribution in [0.15, 0.2) is 18.2 Å². The van der Waals surface area contributed by atoms with Crippen molar-refractivity contribution in [3.8, 4) is 18.1 Å². The van der Waals surface area contributed by atoms with E-state index in [9.17, 15) is 4.39 Å². The molecule has 0 saturated heterocycles. The van der Waals surface area contributed by atoms with Crippen LogP contribution >= 0.6 is 0 Å². The lowest BCUT2D eigenvalue weighted by Crippen LogP contribution is -2.05. The van der Waals surface area contributed by atoms with Gasteiger partial charge < -0.3 is 5.11 Å². The Morgan fingerprint density at radius 2 is 2.15 bits per heavy atom. The zero-order valence-corrected chi connectivity index (χ0v) is 7.05. The first-order valence-electron chi connectivity index (χ1n) is 4.15. The molecule has 0 bridgehead atoms. The maximum atomic E-state index is 13.3. The predicted molar refractivity (Wildman–Crippen MR) is 47.8 cm³/mol. The van der Waals surface area contributed by atoms with Gasteiger partial charge in [0.25, 0.3) is 0 Å². The number of aromatic hydroxyl groups is 1. The molecule has 2 heteroatoms. The molecule has 1 N–H and O–H groups in total. The lowest BCUT2D eigenvalue weighted by atomic mass is 9.96. The van der Waals surface area contributed by atoms with Crippen LogP contribution in [0.3, 0.4) is 0 Å². The molecule has 2 rings (SSSR count). The van der Waals surface area contributed by atoms with Crippen LogP contribution in [-0.2, 0) is 5.41 Å². The molecule has 1 nitrogen and oxygen atoms in total. The van der Waals surface area contributed by atoms with E-state index >= 15 is 0 Å². The van der Waals surface area contributed by atoms with E-state index in [-0.39, 0.29) is 5.75 Å². The van der Waals surface area contributed by atoms with Crippen LogP contribution in [0.25, 0.3) is 0 Å². The van der Waals surface area contributed by atoms with Crippen molar-refractivity contribution in [1.82, 2.24) is 0 Å². The number of phenolic OH excluding ortho intramolecular Hbond substituents is 1. The highest BCUT2D eigenvalue weighted by molar-refractivity contribution is 5.43. The Hall–Kier alpha value is -1.49. The van der Waals surface area contributed by atoms with E-state index in [1.807, 2.05) is 0 Å². The van der Waals surface area contributed by atoms with Crippen LogP contribution in [0.2, 0.25) is 0 Å². The van der Waals surface area contributed by atoms with Gasteiger partial charge in [0, 0.05) is 11.6 Å². The number of benzene rings is 1. The Morgan fingerprint density at radius 1 is 1.46 bits per heavy atom. The SMILES string of the molecule is C#CC1(c2ccc(O)cc2F)CC1. The molecular formula is C11H9FO. The van der Waals surface area contributed by atoms with Crippen molar-refractivity contribution in [2.75, 3.05) is 0 Å². The molecule has 66 valence electrons. The van der Waals surface area contributed by atoms with Crippen molar-refractivity contribution in [2.45, 2.75) is 18.3 Å². The number of phenols is 1. The second-order valence-corrected chi connectivity index (χ2v) is 3.39. The van der Waals surface area contributed by atoms with E-state index in [2.05, 4.69) is 5.92 Å². The van der Waals surface area contributed by atoms with Gasteiger partial charge in [-0.3, -0.25) is 0 Å². The first kappa shape index (κ1) is 8.12. The minimum atomic E-state index is -0.407. The summed E-state index contributed by atoms with van der Waals surface area (Å²) in [7, 11) is 0. The van der Waals surface area contributed by atoms with E-state index in [1.165, 1.54) is 6.07 Å². The largest absolute Gasteiger partial charge is 0.508 e. The standard InChI is InChI=1S/C11H9FO/c1-2-11(5-6-11)9-4-3-8(13)7-10(9)12/h1,3-4,7,13H,5-6H2. The van der Waals surface area contributed by atoms with Crippen LogP contribution in [0.1, 0.15) is 18.4 Å². The summed E-state index contributed by atoms with van der Waals surface area (Å²) in [5.41, 5.74) is 0.144. The quantitative estimate of drug-likeness (QED) is 0.650. The molecule has 0 amide bonds. The minimum Gasteiger partial charge on any atom is -0.508 e. The van der Waals surface area contributed by atoms with Crippen molar-refractivity contribution >= 4 is 0 Å². The van der Waals surface area contributed by atoms with Crippen LogP contribution in [0.4, 0.5) is 4.39 Å². The third-order valence-electron chi connectivity index (χ3n) is 2.49. The lowest BCUT2D eigenvalue weighted by Gasteiger charge is -2.08. The fraction of sp³-hybridized carbons (Fsp3) is 0.273. The van der Waals surface area contributed by atoms with Crippen LogP contribution < -0.4 is 0 Å². The molecule has 0 heterocycles. The van der Waals surface area contributed by atoms with E-state index < -0.39 is 11.2 Å². The lowest BCUT2D eigenvalue weighted by molar-refractivity contribution is 0.467. The summed E-state index contributed by atoms with van der Waals surface area (Å²) >= 11 is 0. The number of halogens is 1. The van der Waals surface area contributed by atoms with Crippen molar-refractivity contribution < 1.29 is 9.50 Å². The van der Waals surface area contributed by atoms with Gasteiger partial charge in [0.1, 0.15) is 11.6 Å². The first-order chi connectivity index (χ1) is 6.18. The van der Waals surface area contributed by atoms with Crippen molar-refractivity contribution in [3.63, 3.8) is 0 Å². The first-order valence-corrected chi connectivity index (χ1v) is 4.15. The van der Waals surface area contributed by atoms with Gasteiger partial charge in [-0.2, -0.15) is 0 Å². The van der Waals surface area contributed by atoms with Crippen molar-refractivity contribution in [3.05, 3.63) is 29.6 Å². The van der Waals surface area contributed by atoms with Gasteiger partial charge in [-0.15, -0.1) is 6.42 Å². The van der Waals surface area contributed by atoms with Gasteiger partial charge in [-0.25, -0.2) is 4.39 Å². The fourth-order valence-corrected chi connectivity index (χ4v) is 1.51. The monoisotopic (exact) mass is 176 g/mol. The molecular weight excluding hydrogens is 167 g/mol. The molecule has 1 aliphatic carbocycles. The maximum Gasteiger partial charge on any atom is 0.131 e. The van der Waals surface area contributed by atoms with Gasteiger partial charge in [0.05, 0.1) is 5.41 Å². The van der Waals surface area contributed by atoms with E-state index in [1.54, 1.807) is 6.07 Å². The molecule has 0 radical (unpaired) electrons. The highest BCUT2D eigenvalue weighted by Gasteiger charge is 2.44. The molecule has 1 aromatic rings. The summed E-state index contributed by atoms with van der Waals surface area (Å²) in [6.07, 6.45) is 7.01. The Bertz CT molecular complexity index is 386. The Kier molecular flexibility index (Phi) is 1.56. The van der Waals surface area contributed by atoms with Gasteiger partial charge >= 0.3 is 0 Å². The van der Waals surface area contributed by atoms with E-state index in [0.29, 0.717) is 5.56 Å². The summed E-state index contributed by atoms with van der Waals surface area (Å²) in [6, 6.07) is 4.14. The molecule has 0 aliphatic heterocycles. The average molecular weight is 176 g/mol. The van der Waals surface area contributed by atoms with Crippen molar-refractivity contribution in [1.29, 1.82) is 0 Å². The van der Waals surface area contributed by atoms with E-state index in [4.69, 9.17) is 11.5 Å². The van der Waals surface area contributed by atoms with Crippen LogP contribution in [-0.4, -0.2) is 5.11 Å². The second kappa shape index (κ2) is 2.50. The third-order valence-corrected chi connectivity index (χ3v) is 2.49. The Balaban J connectivity index is 2.48. The van der Waals surface area contributed by atoms with Crippen molar-refractivity contribution in [2.24, 2.45) is 0 Å². The van der Waals surface area contributed by atoms with Gasteiger partial charge in [0.2, 0.25) is 0 Å². The summed E-state index contributed by atoms with van der Waals surface area (Å²) in [6.45, 7) is 0. The predicted octanol–water partition coefficient (Wildman–Crippen LogP) is 2.20. The molecule has 1 aromatic carbocycles. The summed E-state index contributed by atoms with van der Waals surface area (Å²) in [5.74, 6) is 2.14. The molecule has 13 heavy (non-hydrogen) atoms. The van der Waals surface area contributed by atoms with Crippen LogP contribution in [0.5, 0.6) is 5.75 Å². The smallest absolute Gasteiger partial charge is 0.131 e. The van der Waals surface area contributed by atoms with Gasteiger partial charge in [-0.1, -0.05) is 12.0 Å². The zero-order chi connectivity index (χ0) is 9.47. The van der Waals surface area contributed by atoms with E-state index in [0.717, 1.165) is 18.9 Å². The highest BCUT2D eigenvalue weighted by Crippen LogP contribution is 2.48. The fourth-order valence-electron chi connectivity index (χ4n) is 1.51. The number of hydrogen-bond donors (Lipinski definition) is 1. The maximum absolute atomic E-state index is 13.3. The molecule has 1 fully saturated rings. The Morgan fingerprint density at radius 3 is 2.62 bits per heavy atom. The average Bonchev–Trinajstić information content (AvgIpc) is 2.85. The molecule has 0 aromatic heterocycles. The Labute approximate surface area is 76.2 Å². The molecule has 0 spiro atoms. The highest BCUT2D eigenvalue weighted by atomic mass is 19.1. The molecule has 0 unspecified atom stereocenters. The normalized spacial score (nSPS) is 17.8.